The number of hydrogen-bond donors (Lipinski definition) is 0. The molecule has 18 heteroatoms. The maximum absolute atomic E-state index is 12.4. The SMILES string of the molecule is CC1=CN2c3ccncc3CC2N1C.CN1c2ccccc2N2c3cc4c(cc3CC12)C(=O)C=CC4(C)C.CN1c2ccccc2N2c3cc4c(cc3CC12)oc1ccccc14.CN1c2ccccc2N2c3ccc4oc5ccccc5c4c3CC12.CN1c2ccccc2N2c3ccc4sc5ccccc5c4c3CC12.[C-]#[N+]c1ccc2c(c1)CC1N(C)C(C)=CN21. The number of hydrogen-bond acceptors (Lipinski definition) is 17. The Labute approximate surface area is 737 Å². The van der Waals surface area contributed by atoms with Crippen LogP contribution in [0.25, 0.3) is 68.9 Å². The fourth-order valence-electron chi connectivity index (χ4n) is 22.5. The molecule has 12 aliphatic heterocycles. The van der Waals surface area contributed by atoms with E-state index in [1.807, 2.05) is 60.1 Å². The molecule has 0 radical (unpaired) electrons. The summed E-state index contributed by atoms with van der Waals surface area (Å²) in [6, 6.07) is 86.1. The predicted molar refractivity (Wildman–Crippen MR) is 518 cm³/mol. The summed E-state index contributed by atoms with van der Waals surface area (Å²) in [5, 5.41) is 7.78. The Hall–Kier alpha value is -14.4. The van der Waals surface area contributed by atoms with Crippen LogP contribution in [0.1, 0.15) is 77.0 Å². The molecule has 16 heterocycles. The fourth-order valence-corrected chi connectivity index (χ4v) is 23.6. The van der Waals surface area contributed by atoms with Crippen molar-refractivity contribution in [3.8, 4) is 0 Å². The summed E-state index contributed by atoms with van der Waals surface area (Å²) in [7, 11) is 13.0. The van der Waals surface area contributed by atoms with Gasteiger partial charge in [0.05, 0.1) is 52.1 Å². The van der Waals surface area contributed by atoms with Gasteiger partial charge in [0.25, 0.3) is 0 Å². The van der Waals surface area contributed by atoms with E-state index in [-0.39, 0.29) is 11.2 Å². The number of thiophene rings is 1. The van der Waals surface area contributed by atoms with Gasteiger partial charge in [-0.1, -0.05) is 135 Å². The number of carbonyl (C=O) groups excluding carboxylic acids is 1. The number of nitrogens with zero attached hydrogens (tertiary/aromatic N) is 14. The van der Waals surface area contributed by atoms with Gasteiger partial charge in [0.2, 0.25) is 0 Å². The van der Waals surface area contributed by atoms with Gasteiger partial charge < -0.3 is 67.6 Å². The van der Waals surface area contributed by atoms with Gasteiger partial charge in [-0.2, -0.15) is 0 Å². The van der Waals surface area contributed by atoms with Gasteiger partial charge in [-0.3, -0.25) is 9.78 Å². The molecular formula is C108H94N14O3S. The quantitative estimate of drug-likeness (QED) is 0.135. The molecule has 0 spiro atoms. The number of furan rings is 2. The number of ketones is 1. The molecule has 0 bridgehead atoms. The van der Waals surface area contributed by atoms with Gasteiger partial charge in [-0.25, -0.2) is 4.85 Å². The number of allylic oxidation sites excluding steroid dienone is 4. The van der Waals surface area contributed by atoms with Crippen molar-refractivity contribution in [1.29, 1.82) is 0 Å². The van der Waals surface area contributed by atoms with Gasteiger partial charge in [-0.15, -0.1) is 11.3 Å². The molecule has 29 rings (SSSR count). The van der Waals surface area contributed by atoms with Crippen LogP contribution >= 0.6 is 11.3 Å². The van der Waals surface area contributed by atoms with E-state index < -0.39 is 0 Å². The molecule has 0 saturated heterocycles. The van der Waals surface area contributed by atoms with Crippen LogP contribution in [0.2, 0.25) is 0 Å². The molecule has 0 amide bonds. The Bertz CT molecular complexity index is 7210. The third-order valence-corrected chi connectivity index (χ3v) is 30.2. The van der Waals surface area contributed by atoms with Crippen LogP contribution in [0, 0.1) is 6.57 Å². The Morgan fingerprint density at radius 3 is 1.43 bits per heavy atom. The lowest BCUT2D eigenvalue weighted by atomic mass is 9.76. The van der Waals surface area contributed by atoms with Crippen LogP contribution in [0.4, 0.5) is 85.3 Å². The van der Waals surface area contributed by atoms with Crippen molar-refractivity contribution in [2.75, 3.05) is 91.3 Å². The van der Waals surface area contributed by atoms with Crippen molar-refractivity contribution in [3.05, 3.63) is 347 Å². The molecule has 126 heavy (non-hydrogen) atoms. The standard InChI is InChI=1S/2C21H16N2O.C21H20N2O.C21H16N2S.C13H13N3.C11H13N3/c1-22-16-7-3-4-8-17(16)23-18-12-15-14-6-2-5-9-19(14)24-20(15)10-13(18)11-21(22)23;1-22-16-7-3-4-8-17(16)23-15-10-11-19-21(14(15)12-20(22)23)13-6-2-5-9-18(13)24-19;1-21(2)9-8-19(24)14-10-13-11-20-22(3)16-6-4-5-7-17(16)23(20)18(13)12-15(14)21;1-22-16-7-3-4-8-17(16)23-15-10-11-19-21(14(15)12-20(22)23)13-6-2-5-9-18(13)24-19;1-9-8-16-12-5-4-11(14-2)6-10(12)7-13(16)15(9)3;1-8-7-14-10-3-4-12-6-9(10)5-11(14)13(8)2/h2-10,12,21H,11H2,1H3;2-11,20H,12H2,1H3;4-10,12,20H,11H2,1-3H3;2-11,20H,12H2,1H3;4-6,8,13H,7H2,1,3H3;3-4,6-7,11H,5H2,1-2H3. The molecule has 0 saturated carbocycles. The molecular weight excluding hydrogens is 1570 g/mol. The van der Waals surface area contributed by atoms with E-state index in [0.29, 0.717) is 37.0 Å². The number of pyridine rings is 1. The second kappa shape index (κ2) is 28.3. The van der Waals surface area contributed by atoms with Gasteiger partial charge in [0.1, 0.15) is 59.3 Å². The van der Waals surface area contributed by atoms with Crippen molar-refractivity contribution < 1.29 is 13.6 Å². The zero-order chi connectivity index (χ0) is 85.1. The van der Waals surface area contributed by atoms with Crippen molar-refractivity contribution in [2.45, 2.75) is 109 Å². The molecule has 1 aliphatic carbocycles. The lowest BCUT2D eigenvalue weighted by Gasteiger charge is -2.29. The summed E-state index contributed by atoms with van der Waals surface area (Å²) in [6.45, 7) is 15.7. The van der Waals surface area contributed by atoms with E-state index >= 15 is 0 Å². The summed E-state index contributed by atoms with van der Waals surface area (Å²) in [5.41, 5.74) is 35.7. The average molecular weight is 1670 g/mol. The number of carbonyl (C=O) groups is 1. The van der Waals surface area contributed by atoms with E-state index in [4.69, 9.17) is 15.4 Å². The van der Waals surface area contributed by atoms with E-state index in [2.05, 4.69) is 363 Å². The number of likely N-dealkylation sites (N-methyl/N-ethyl adjacent to an activating group) is 6. The first-order valence-electron chi connectivity index (χ1n) is 43.9. The maximum Gasteiger partial charge on any atom is 0.187 e. The van der Waals surface area contributed by atoms with E-state index in [1.165, 1.54) is 166 Å². The van der Waals surface area contributed by atoms with E-state index in [9.17, 15) is 4.79 Å². The third-order valence-electron chi connectivity index (χ3n) is 29.1. The first kappa shape index (κ1) is 75.3. The predicted octanol–water partition coefficient (Wildman–Crippen LogP) is 24.1. The van der Waals surface area contributed by atoms with Crippen molar-refractivity contribution in [2.24, 2.45) is 0 Å². The Kier molecular flexibility index (Phi) is 16.9. The largest absolute Gasteiger partial charge is 0.456 e. The van der Waals surface area contributed by atoms with Crippen LogP contribution in [0.5, 0.6) is 0 Å². The highest BCUT2D eigenvalue weighted by atomic mass is 32.1. The highest BCUT2D eigenvalue weighted by molar-refractivity contribution is 7.25. The number of para-hydroxylation sites is 10. The lowest BCUT2D eigenvalue weighted by molar-refractivity contribution is 0.104. The van der Waals surface area contributed by atoms with Crippen molar-refractivity contribution in [3.63, 3.8) is 0 Å². The molecule has 13 aliphatic rings. The van der Waals surface area contributed by atoms with Crippen LogP contribution in [0.3, 0.4) is 0 Å². The molecule has 12 aromatic carbocycles. The number of benzene rings is 12. The van der Waals surface area contributed by atoms with E-state index in [1.54, 1.807) is 6.08 Å². The number of anilines is 14. The zero-order valence-electron chi connectivity index (χ0n) is 72.2. The minimum absolute atomic E-state index is 0.110. The fraction of sp³-hybridized carbons (Fsp3) is 0.213. The molecule has 6 unspecified atom stereocenters. The number of rotatable bonds is 0. The summed E-state index contributed by atoms with van der Waals surface area (Å²) >= 11 is 1.91. The van der Waals surface area contributed by atoms with Crippen LogP contribution in [0.15, 0.2) is 300 Å². The maximum atomic E-state index is 12.4. The Morgan fingerprint density at radius 1 is 0.381 bits per heavy atom. The molecule has 4 aromatic heterocycles. The number of fused-ring (bicyclic) bond motifs is 38. The summed E-state index contributed by atoms with van der Waals surface area (Å²) in [5.74, 6) is 0.132. The summed E-state index contributed by atoms with van der Waals surface area (Å²) in [4.78, 5) is 48.7. The molecule has 16 aromatic rings. The third kappa shape index (κ3) is 11.3. The topological polar surface area (TPSA) is 99.5 Å². The molecule has 620 valence electrons. The lowest BCUT2D eigenvalue weighted by Crippen LogP contribution is -2.36. The number of aromatic nitrogens is 1. The zero-order valence-corrected chi connectivity index (χ0v) is 73.0. The van der Waals surface area contributed by atoms with Crippen LogP contribution in [-0.4, -0.2) is 99.8 Å². The highest BCUT2D eigenvalue weighted by Gasteiger charge is 2.47. The second-order valence-corrected chi connectivity index (χ2v) is 37.2. The molecule has 17 nitrogen and oxygen atoms in total. The van der Waals surface area contributed by atoms with Gasteiger partial charge in [-0.05, 0) is 186 Å². The minimum Gasteiger partial charge on any atom is -0.456 e. The van der Waals surface area contributed by atoms with Gasteiger partial charge in [0, 0.05) is 204 Å². The monoisotopic (exact) mass is 1670 g/mol. The van der Waals surface area contributed by atoms with E-state index in [0.717, 1.165) is 77.7 Å². The minimum atomic E-state index is -0.110. The Morgan fingerprint density at radius 2 is 0.833 bits per heavy atom. The van der Waals surface area contributed by atoms with Gasteiger partial charge >= 0.3 is 0 Å². The second-order valence-electron chi connectivity index (χ2n) is 36.1. The highest BCUT2D eigenvalue weighted by Crippen LogP contribution is 2.58. The molecule has 0 N–H and O–H groups in total. The summed E-state index contributed by atoms with van der Waals surface area (Å²) < 4.78 is 14.9. The summed E-state index contributed by atoms with van der Waals surface area (Å²) in [6.07, 6.45) is 20.5. The first-order valence-corrected chi connectivity index (χ1v) is 44.7. The molecule has 6 atom stereocenters. The normalized spacial score (nSPS) is 20.1. The van der Waals surface area contributed by atoms with Crippen molar-refractivity contribution in [1.82, 2.24) is 14.8 Å². The van der Waals surface area contributed by atoms with Crippen molar-refractivity contribution >= 4 is 166 Å². The van der Waals surface area contributed by atoms with Crippen LogP contribution < -0.4 is 49.0 Å². The first-order chi connectivity index (χ1) is 61.4. The average Bonchev–Trinajstić information content (AvgIpc) is 1.56. The Balaban J connectivity index is 0.0000000855. The molecule has 0 fully saturated rings. The smallest absolute Gasteiger partial charge is 0.187 e. The van der Waals surface area contributed by atoms with Crippen LogP contribution in [-0.2, 0) is 43.9 Å². The van der Waals surface area contributed by atoms with Gasteiger partial charge in [0.15, 0.2) is 11.5 Å².